The van der Waals surface area contributed by atoms with Crippen molar-refractivity contribution >= 4 is 11.7 Å². The number of nitrogens with one attached hydrogen (secondary N) is 1. The Labute approximate surface area is 148 Å². The lowest BCUT2D eigenvalue weighted by Crippen LogP contribution is -2.31. The summed E-state index contributed by atoms with van der Waals surface area (Å²) in [5, 5.41) is 7.08. The minimum absolute atomic E-state index is 0.113. The highest BCUT2D eigenvalue weighted by Gasteiger charge is 2.26. The third-order valence-corrected chi connectivity index (χ3v) is 4.64. The van der Waals surface area contributed by atoms with E-state index in [1.54, 1.807) is 19.3 Å². The first-order chi connectivity index (χ1) is 12.5. The van der Waals surface area contributed by atoms with Crippen LogP contribution in [0.4, 0.5) is 14.6 Å². The van der Waals surface area contributed by atoms with Gasteiger partial charge in [0.25, 0.3) is 0 Å². The molecule has 3 heterocycles. The number of anilines is 1. The largest absolute Gasteiger partial charge is 0.334 e. The molecule has 0 saturated heterocycles. The molecular weight excluding hydrogens is 340 g/mol. The standard InChI is InChI=1S/C18H17F2N5O/c1-24-17(9-15(23-24)13-4-3-12(19)8-14(13)20)22-18(26)11-2-5-16-21-6-7-25(16)10-11/h3-4,6-9,11H,2,5,10H2,1H3,(H,22,26). The van der Waals surface area contributed by atoms with E-state index >= 15 is 0 Å². The van der Waals surface area contributed by atoms with Gasteiger partial charge in [-0.3, -0.25) is 9.48 Å². The first-order valence-corrected chi connectivity index (χ1v) is 8.31. The molecule has 26 heavy (non-hydrogen) atoms. The third-order valence-electron chi connectivity index (χ3n) is 4.64. The van der Waals surface area contributed by atoms with Crippen LogP contribution in [0.1, 0.15) is 12.2 Å². The molecule has 1 aromatic carbocycles. The van der Waals surface area contributed by atoms with Crippen LogP contribution < -0.4 is 5.32 Å². The van der Waals surface area contributed by atoms with Gasteiger partial charge in [0.05, 0.1) is 11.6 Å². The van der Waals surface area contributed by atoms with Crippen molar-refractivity contribution in [2.75, 3.05) is 5.32 Å². The number of carbonyl (C=O) groups is 1. The van der Waals surface area contributed by atoms with Crippen LogP contribution in [-0.4, -0.2) is 25.2 Å². The van der Waals surface area contributed by atoms with Gasteiger partial charge in [-0.05, 0) is 18.6 Å². The summed E-state index contributed by atoms with van der Waals surface area (Å²) in [5.41, 5.74) is 0.518. The van der Waals surface area contributed by atoms with Crippen LogP contribution in [0.2, 0.25) is 0 Å². The van der Waals surface area contributed by atoms with Crippen LogP contribution >= 0.6 is 0 Å². The fraction of sp³-hybridized carbons (Fsp3) is 0.278. The van der Waals surface area contributed by atoms with Crippen molar-refractivity contribution < 1.29 is 13.6 Å². The Morgan fingerprint density at radius 2 is 2.15 bits per heavy atom. The quantitative estimate of drug-likeness (QED) is 0.784. The molecule has 0 radical (unpaired) electrons. The maximum Gasteiger partial charge on any atom is 0.230 e. The van der Waals surface area contributed by atoms with Crippen LogP contribution in [-0.2, 0) is 24.8 Å². The molecule has 3 aromatic rings. The number of amides is 1. The minimum atomic E-state index is -0.694. The molecule has 1 aliphatic rings. The van der Waals surface area contributed by atoms with Crippen LogP contribution in [0.3, 0.4) is 0 Å². The molecular formula is C18H17F2N5O. The van der Waals surface area contributed by atoms with Gasteiger partial charge in [0, 0.05) is 50.1 Å². The second-order valence-corrected chi connectivity index (χ2v) is 6.38. The molecule has 0 bridgehead atoms. The smallest absolute Gasteiger partial charge is 0.230 e. The highest BCUT2D eigenvalue weighted by Crippen LogP contribution is 2.26. The summed E-state index contributed by atoms with van der Waals surface area (Å²) in [6.45, 7) is 0.582. The Hall–Kier alpha value is -3.03. The Morgan fingerprint density at radius 3 is 2.96 bits per heavy atom. The number of imidazole rings is 1. The number of hydrogen-bond donors (Lipinski definition) is 1. The number of carbonyl (C=O) groups excluding carboxylic acids is 1. The maximum absolute atomic E-state index is 14.0. The van der Waals surface area contributed by atoms with E-state index in [-0.39, 0.29) is 17.4 Å². The minimum Gasteiger partial charge on any atom is -0.334 e. The van der Waals surface area contributed by atoms with Crippen molar-refractivity contribution in [3.63, 3.8) is 0 Å². The molecule has 134 valence electrons. The Kier molecular flexibility index (Phi) is 4.02. The molecule has 2 aromatic heterocycles. The Bertz CT molecular complexity index is 978. The SMILES string of the molecule is Cn1nc(-c2ccc(F)cc2F)cc1NC(=O)C1CCc2nccn2C1. The molecule has 6 nitrogen and oxygen atoms in total. The molecule has 0 saturated carbocycles. The summed E-state index contributed by atoms with van der Waals surface area (Å²) in [5.74, 6) is -0.169. The van der Waals surface area contributed by atoms with Gasteiger partial charge in [-0.25, -0.2) is 13.8 Å². The van der Waals surface area contributed by atoms with Crippen molar-refractivity contribution in [3.8, 4) is 11.3 Å². The predicted molar refractivity (Wildman–Crippen MR) is 91.2 cm³/mol. The lowest BCUT2D eigenvalue weighted by molar-refractivity contribution is -0.120. The van der Waals surface area contributed by atoms with Crippen molar-refractivity contribution in [3.05, 3.63) is 54.1 Å². The number of rotatable bonds is 3. The number of benzene rings is 1. The molecule has 1 N–H and O–H groups in total. The molecule has 0 aliphatic carbocycles. The van der Waals surface area contributed by atoms with Crippen molar-refractivity contribution in [2.24, 2.45) is 13.0 Å². The maximum atomic E-state index is 14.0. The molecule has 4 rings (SSSR count). The zero-order valence-corrected chi connectivity index (χ0v) is 14.1. The van der Waals surface area contributed by atoms with Crippen molar-refractivity contribution in [1.82, 2.24) is 19.3 Å². The summed E-state index contributed by atoms with van der Waals surface area (Å²) in [4.78, 5) is 16.9. The second-order valence-electron chi connectivity index (χ2n) is 6.38. The number of fused-ring (bicyclic) bond motifs is 1. The van der Waals surface area contributed by atoms with Gasteiger partial charge in [0.1, 0.15) is 23.3 Å². The van der Waals surface area contributed by atoms with Gasteiger partial charge >= 0.3 is 0 Å². The van der Waals surface area contributed by atoms with E-state index in [9.17, 15) is 13.6 Å². The van der Waals surface area contributed by atoms with Crippen molar-refractivity contribution in [1.29, 1.82) is 0 Å². The first-order valence-electron chi connectivity index (χ1n) is 8.31. The van der Waals surface area contributed by atoms with Gasteiger partial charge in [-0.15, -0.1) is 0 Å². The number of aryl methyl sites for hydroxylation is 2. The lowest BCUT2D eigenvalue weighted by Gasteiger charge is -2.22. The average molecular weight is 357 g/mol. The second kappa shape index (κ2) is 6.36. The zero-order chi connectivity index (χ0) is 18.3. The molecule has 1 unspecified atom stereocenters. The highest BCUT2D eigenvalue weighted by molar-refractivity contribution is 5.92. The van der Waals surface area contributed by atoms with Crippen LogP contribution in [0.25, 0.3) is 11.3 Å². The molecule has 0 fully saturated rings. The van der Waals surface area contributed by atoms with E-state index in [1.807, 2.05) is 10.8 Å². The van der Waals surface area contributed by atoms with E-state index < -0.39 is 11.6 Å². The fourth-order valence-electron chi connectivity index (χ4n) is 3.22. The zero-order valence-electron chi connectivity index (χ0n) is 14.1. The van der Waals surface area contributed by atoms with Crippen LogP contribution in [0.15, 0.2) is 36.7 Å². The van der Waals surface area contributed by atoms with Crippen LogP contribution in [0, 0.1) is 17.6 Å². The Morgan fingerprint density at radius 1 is 1.31 bits per heavy atom. The molecule has 0 spiro atoms. The van der Waals surface area contributed by atoms with E-state index in [2.05, 4.69) is 15.4 Å². The number of nitrogens with zero attached hydrogens (tertiary/aromatic N) is 4. The van der Waals surface area contributed by atoms with Crippen LogP contribution in [0.5, 0.6) is 0 Å². The van der Waals surface area contributed by atoms with Gasteiger partial charge < -0.3 is 9.88 Å². The first kappa shape index (κ1) is 16.4. The number of hydrogen-bond acceptors (Lipinski definition) is 3. The predicted octanol–water partition coefficient (Wildman–Crippen LogP) is 2.76. The monoisotopic (exact) mass is 357 g/mol. The fourth-order valence-corrected chi connectivity index (χ4v) is 3.22. The lowest BCUT2D eigenvalue weighted by atomic mass is 9.98. The molecule has 1 amide bonds. The highest BCUT2D eigenvalue weighted by atomic mass is 19.1. The normalized spacial score (nSPS) is 16.3. The van der Waals surface area contributed by atoms with E-state index in [0.29, 0.717) is 18.1 Å². The third kappa shape index (κ3) is 2.98. The van der Waals surface area contributed by atoms with E-state index in [1.165, 1.54) is 16.8 Å². The summed E-state index contributed by atoms with van der Waals surface area (Å²) >= 11 is 0. The summed E-state index contributed by atoms with van der Waals surface area (Å²) in [6.07, 6.45) is 5.08. The van der Waals surface area contributed by atoms with Gasteiger partial charge in [0.15, 0.2) is 0 Å². The van der Waals surface area contributed by atoms with Gasteiger partial charge in [-0.2, -0.15) is 5.10 Å². The number of aromatic nitrogens is 4. The summed E-state index contributed by atoms with van der Waals surface area (Å²) < 4.78 is 30.5. The van der Waals surface area contributed by atoms with Gasteiger partial charge in [-0.1, -0.05) is 0 Å². The molecule has 8 heteroatoms. The van der Waals surface area contributed by atoms with Crippen molar-refractivity contribution in [2.45, 2.75) is 19.4 Å². The summed E-state index contributed by atoms with van der Waals surface area (Å²) in [7, 11) is 1.66. The average Bonchev–Trinajstić information content (AvgIpc) is 3.21. The Balaban J connectivity index is 1.52. The molecule has 1 atom stereocenters. The van der Waals surface area contributed by atoms with E-state index in [4.69, 9.17) is 0 Å². The topological polar surface area (TPSA) is 64.7 Å². The molecule has 1 aliphatic heterocycles. The summed E-state index contributed by atoms with van der Waals surface area (Å²) in [6, 6.07) is 4.91. The van der Waals surface area contributed by atoms with Gasteiger partial charge in [0.2, 0.25) is 5.91 Å². The number of halogens is 2. The van der Waals surface area contributed by atoms with E-state index in [0.717, 1.165) is 24.7 Å².